The van der Waals surface area contributed by atoms with Gasteiger partial charge in [0.15, 0.2) is 5.82 Å². The maximum absolute atomic E-state index is 10.8. The second kappa shape index (κ2) is 5.27. The van der Waals surface area contributed by atoms with Crippen molar-refractivity contribution in [2.45, 2.75) is 13.0 Å². The van der Waals surface area contributed by atoms with E-state index < -0.39 is 6.04 Å². The summed E-state index contributed by atoms with van der Waals surface area (Å²) in [5.41, 5.74) is 0. The number of aromatic amines is 1. The number of rotatable bonds is 5. The molecule has 0 aliphatic rings. The van der Waals surface area contributed by atoms with Crippen LogP contribution in [0.5, 0.6) is 0 Å². The van der Waals surface area contributed by atoms with Crippen LogP contribution in [-0.2, 0) is 4.79 Å². The summed E-state index contributed by atoms with van der Waals surface area (Å²) >= 11 is 0.789. The van der Waals surface area contributed by atoms with Crippen molar-refractivity contribution in [2.24, 2.45) is 4.58 Å². The minimum Gasteiger partial charge on any atom is -0.345 e. The van der Waals surface area contributed by atoms with Gasteiger partial charge < -0.3 is 5.32 Å². The SMILES string of the molecule is CC(=O)N[C@H](CSN=O)c1nn[nH]n1. The number of aromatic nitrogens is 4. The van der Waals surface area contributed by atoms with E-state index in [0.717, 1.165) is 11.9 Å². The van der Waals surface area contributed by atoms with Crippen LogP contribution in [0.3, 0.4) is 0 Å². The van der Waals surface area contributed by atoms with Crippen molar-refractivity contribution >= 4 is 17.9 Å². The van der Waals surface area contributed by atoms with E-state index in [1.165, 1.54) is 6.92 Å². The Labute approximate surface area is 83.3 Å². The molecule has 0 saturated heterocycles. The zero-order valence-electron chi connectivity index (χ0n) is 7.30. The van der Waals surface area contributed by atoms with Gasteiger partial charge >= 0.3 is 0 Å². The number of tetrazole rings is 1. The van der Waals surface area contributed by atoms with Crippen LogP contribution in [0.2, 0.25) is 0 Å². The molecular formula is C5H8N6O2S. The summed E-state index contributed by atoms with van der Waals surface area (Å²) in [4.78, 5) is 20.7. The van der Waals surface area contributed by atoms with Gasteiger partial charge in [-0.2, -0.15) is 5.21 Å². The minimum atomic E-state index is -0.450. The average molecular weight is 216 g/mol. The number of nitrogens with one attached hydrogen (secondary N) is 2. The number of carbonyl (C=O) groups is 1. The number of nitroso groups, excluding NO2 is 1. The molecule has 8 nitrogen and oxygen atoms in total. The average Bonchev–Trinajstić information content (AvgIpc) is 2.64. The third-order valence-electron chi connectivity index (χ3n) is 1.34. The number of nitrogens with zero attached hydrogens (tertiary/aromatic N) is 4. The van der Waals surface area contributed by atoms with E-state index in [2.05, 4.69) is 30.5 Å². The van der Waals surface area contributed by atoms with Crippen LogP contribution in [0.15, 0.2) is 4.58 Å². The quantitative estimate of drug-likeness (QED) is 0.520. The molecule has 0 unspecified atom stereocenters. The van der Waals surface area contributed by atoms with Gasteiger partial charge in [0.1, 0.15) is 6.04 Å². The molecule has 1 atom stereocenters. The topological polar surface area (TPSA) is 113 Å². The van der Waals surface area contributed by atoms with E-state index >= 15 is 0 Å². The van der Waals surface area contributed by atoms with Gasteiger partial charge in [0.25, 0.3) is 0 Å². The molecule has 1 amide bonds. The Morgan fingerprint density at radius 1 is 1.79 bits per heavy atom. The van der Waals surface area contributed by atoms with Gasteiger partial charge in [-0.15, -0.1) is 15.1 Å². The number of H-pyrrole nitrogens is 1. The lowest BCUT2D eigenvalue weighted by Crippen LogP contribution is -2.28. The van der Waals surface area contributed by atoms with Crippen molar-refractivity contribution < 1.29 is 4.79 Å². The molecule has 14 heavy (non-hydrogen) atoms. The number of carbonyl (C=O) groups excluding carboxylic acids is 1. The van der Waals surface area contributed by atoms with Crippen molar-refractivity contribution in [3.63, 3.8) is 0 Å². The summed E-state index contributed by atoms with van der Waals surface area (Å²) < 4.78 is 2.62. The van der Waals surface area contributed by atoms with Crippen molar-refractivity contribution in [3.8, 4) is 0 Å². The smallest absolute Gasteiger partial charge is 0.217 e. The van der Waals surface area contributed by atoms with Crippen LogP contribution in [0.4, 0.5) is 0 Å². The van der Waals surface area contributed by atoms with Crippen molar-refractivity contribution in [3.05, 3.63) is 10.7 Å². The number of amides is 1. The summed E-state index contributed by atoms with van der Waals surface area (Å²) in [6.45, 7) is 1.37. The molecule has 76 valence electrons. The van der Waals surface area contributed by atoms with E-state index in [9.17, 15) is 9.70 Å². The van der Waals surface area contributed by atoms with Crippen molar-refractivity contribution in [1.82, 2.24) is 25.9 Å². The highest BCUT2D eigenvalue weighted by atomic mass is 32.2. The fraction of sp³-hybridized carbons (Fsp3) is 0.600. The Morgan fingerprint density at radius 2 is 2.57 bits per heavy atom. The lowest BCUT2D eigenvalue weighted by Gasteiger charge is -2.10. The Balaban J connectivity index is 2.61. The molecule has 1 rings (SSSR count). The minimum absolute atomic E-state index is 0.230. The summed E-state index contributed by atoms with van der Waals surface area (Å²) in [7, 11) is 0. The lowest BCUT2D eigenvalue weighted by atomic mass is 10.3. The first-order valence-corrected chi connectivity index (χ1v) is 4.63. The molecule has 0 fully saturated rings. The molecule has 1 aromatic heterocycles. The largest absolute Gasteiger partial charge is 0.345 e. The summed E-state index contributed by atoms with van der Waals surface area (Å²) in [5, 5.41) is 15.6. The Morgan fingerprint density at radius 3 is 3.07 bits per heavy atom. The van der Waals surface area contributed by atoms with Crippen LogP contribution in [0.25, 0.3) is 0 Å². The fourth-order valence-electron chi connectivity index (χ4n) is 0.848. The molecule has 9 heteroatoms. The van der Waals surface area contributed by atoms with Crippen LogP contribution >= 0.6 is 11.9 Å². The van der Waals surface area contributed by atoms with E-state index in [4.69, 9.17) is 0 Å². The maximum atomic E-state index is 10.8. The van der Waals surface area contributed by atoms with Gasteiger partial charge in [-0.05, 0) is 0 Å². The molecule has 1 aromatic rings. The fourth-order valence-corrected chi connectivity index (χ4v) is 1.29. The van der Waals surface area contributed by atoms with Gasteiger partial charge in [-0.3, -0.25) is 4.79 Å². The zero-order chi connectivity index (χ0) is 10.4. The molecule has 0 saturated carbocycles. The second-order valence-corrected chi connectivity index (χ2v) is 3.13. The Bertz CT molecular complexity index is 301. The third-order valence-corrected chi connectivity index (χ3v) is 1.93. The summed E-state index contributed by atoms with van der Waals surface area (Å²) in [5.74, 6) is 0.380. The molecule has 0 spiro atoms. The highest BCUT2D eigenvalue weighted by Crippen LogP contribution is 2.14. The van der Waals surface area contributed by atoms with Crippen molar-refractivity contribution in [1.29, 1.82) is 0 Å². The first-order chi connectivity index (χ1) is 6.74. The first-order valence-electron chi connectivity index (χ1n) is 3.69. The van der Waals surface area contributed by atoms with Crippen LogP contribution in [-0.4, -0.2) is 32.3 Å². The Hall–Kier alpha value is -1.51. The predicted molar refractivity (Wildman–Crippen MR) is 49.0 cm³/mol. The molecule has 0 aliphatic carbocycles. The van der Waals surface area contributed by atoms with Crippen LogP contribution in [0.1, 0.15) is 18.8 Å². The molecule has 1 heterocycles. The summed E-state index contributed by atoms with van der Waals surface area (Å²) in [6, 6.07) is -0.450. The number of hydrogen-bond acceptors (Lipinski definition) is 7. The van der Waals surface area contributed by atoms with Crippen LogP contribution < -0.4 is 5.32 Å². The Kier molecular flexibility index (Phi) is 3.98. The van der Waals surface area contributed by atoms with Gasteiger partial charge in [-0.1, -0.05) is 5.21 Å². The van der Waals surface area contributed by atoms with E-state index in [-0.39, 0.29) is 11.7 Å². The molecule has 0 bridgehead atoms. The molecule has 0 aliphatic heterocycles. The monoisotopic (exact) mass is 216 g/mol. The number of hydrogen-bond donors (Lipinski definition) is 2. The second-order valence-electron chi connectivity index (χ2n) is 2.39. The van der Waals surface area contributed by atoms with Crippen LogP contribution in [0, 0.1) is 4.91 Å². The molecule has 0 radical (unpaired) electrons. The molecule has 2 N–H and O–H groups in total. The van der Waals surface area contributed by atoms with Gasteiger partial charge in [0.2, 0.25) is 5.91 Å². The molecular weight excluding hydrogens is 208 g/mol. The summed E-state index contributed by atoms with van der Waals surface area (Å²) in [6.07, 6.45) is 0. The standard InChI is InChI=1S/C5H8N6O2S/c1-3(12)6-4(2-14-11-13)5-7-9-10-8-5/h4H,2H2,1H3,(H,6,12)(H,7,8,9,10)/t4-/m1/s1. The van der Waals surface area contributed by atoms with E-state index in [1.807, 2.05) is 0 Å². The van der Waals surface area contributed by atoms with Gasteiger partial charge in [0, 0.05) is 29.2 Å². The van der Waals surface area contributed by atoms with Crippen molar-refractivity contribution in [2.75, 3.05) is 5.75 Å². The predicted octanol–water partition coefficient (Wildman–Crippen LogP) is -0.209. The van der Waals surface area contributed by atoms with E-state index in [1.54, 1.807) is 0 Å². The van der Waals surface area contributed by atoms with Gasteiger partial charge in [-0.25, -0.2) is 0 Å². The lowest BCUT2D eigenvalue weighted by molar-refractivity contribution is -0.119. The van der Waals surface area contributed by atoms with Gasteiger partial charge in [0.05, 0.1) is 0 Å². The normalized spacial score (nSPS) is 12.1. The third kappa shape index (κ3) is 3.09. The molecule has 0 aromatic carbocycles. The first kappa shape index (κ1) is 10.6. The highest BCUT2D eigenvalue weighted by Gasteiger charge is 2.17. The highest BCUT2D eigenvalue weighted by molar-refractivity contribution is 7.97. The maximum Gasteiger partial charge on any atom is 0.217 e. The van der Waals surface area contributed by atoms with E-state index in [0.29, 0.717) is 5.82 Å². The zero-order valence-corrected chi connectivity index (χ0v) is 8.11.